The fourth-order valence-corrected chi connectivity index (χ4v) is 1.60. The fraction of sp³-hybridized carbons (Fsp3) is 0.692. The first-order valence-electron chi connectivity index (χ1n) is 6.05. The Bertz CT molecular complexity index is 240. The topological polar surface area (TPSA) is 35.5 Å². The lowest BCUT2D eigenvalue weighted by Crippen LogP contribution is -2.26. The minimum Gasteiger partial charge on any atom is -0.460 e. The SMILES string of the molecule is [CH2]/C(=C\CCC)C(=O)OCC1CCCCO1. The molecule has 0 saturated carbocycles. The van der Waals surface area contributed by atoms with Crippen molar-refractivity contribution in [2.75, 3.05) is 13.2 Å². The minimum atomic E-state index is -0.317. The molecule has 1 unspecified atom stereocenters. The van der Waals surface area contributed by atoms with E-state index in [4.69, 9.17) is 9.47 Å². The summed E-state index contributed by atoms with van der Waals surface area (Å²) < 4.78 is 10.6. The first-order chi connectivity index (χ1) is 7.74. The van der Waals surface area contributed by atoms with Crippen molar-refractivity contribution in [2.24, 2.45) is 0 Å². The van der Waals surface area contributed by atoms with Crippen molar-refractivity contribution >= 4 is 5.97 Å². The summed E-state index contributed by atoms with van der Waals surface area (Å²) in [6, 6.07) is 0. The Labute approximate surface area is 97.8 Å². The van der Waals surface area contributed by atoms with E-state index in [2.05, 4.69) is 13.8 Å². The molecule has 1 saturated heterocycles. The predicted octanol–water partition coefficient (Wildman–Crippen LogP) is 2.66. The van der Waals surface area contributed by atoms with Gasteiger partial charge in [0.05, 0.1) is 6.10 Å². The van der Waals surface area contributed by atoms with Gasteiger partial charge in [-0.2, -0.15) is 0 Å². The summed E-state index contributed by atoms with van der Waals surface area (Å²) in [5.74, 6) is -0.317. The zero-order chi connectivity index (χ0) is 11.8. The van der Waals surface area contributed by atoms with Crippen molar-refractivity contribution in [3.8, 4) is 0 Å². The van der Waals surface area contributed by atoms with Gasteiger partial charge in [0.2, 0.25) is 0 Å². The molecule has 1 aliphatic rings. The zero-order valence-corrected chi connectivity index (χ0v) is 10.0. The van der Waals surface area contributed by atoms with Gasteiger partial charge in [0.25, 0.3) is 0 Å². The molecule has 0 spiro atoms. The van der Waals surface area contributed by atoms with Crippen LogP contribution < -0.4 is 0 Å². The molecule has 1 aliphatic heterocycles. The van der Waals surface area contributed by atoms with Gasteiger partial charge in [0.1, 0.15) is 6.61 Å². The first-order valence-corrected chi connectivity index (χ1v) is 6.05. The van der Waals surface area contributed by atoms with Crippen molar-refractivity contribution < 1.29 is 14.3 Å². The number of rotatable bonds is 5. The molecule has 1 rings (SSSR count). The van der Waals surface area contributed by atoms with Gasteiger partial charge in [-0.15, -0.1) is 0 Å². The van der Waals surface area contributed by atoms with E-state index < -0.39 is 0 Å². The van der Waals surface area contributed by atoms with Gasteiger partial charge in [-0.1, -0.05) is 19.4 Å². The summed E-state index contributed by atoms with van der Waals surface area (Å²) >= 11 is 0. The average molecular weight is 225 g/mol. The van der Waals surface area contributed by atoms with Crippen molar-refractivity contribution in [1.82, 2.24) is 0 Å². The molecule has 0 amide bonds. The summed E-state index contributed by atoms with van der Waals surface area (Å²) in [7, 11) is 0. The van der Waals surface area contributed by atoms with Crippen LogP contribution in [0.2, 0.25) is 0 Å². The van der Waals surface area contributed by atoms with E-state index in [1.807, 2.05) is 6.08 Å². The summed E-state index contributed by atoms with van der Waals surface area (Å²) in [4.78, 5) is 11.5. The van der Waals surface area contributed by atoms with E-state index in [0.717, 1.165) is 38.7 Å². The van der Waals surface area contributed by atoms with E-state index in [9.17, 15) is 4.79 Å². The number of carbonyl (C=O) groups is 1. The van der Waals surface area contributed by atoms with Gasteiger partial charge < -0.3 is 9.47 Å². The molecule has 0 aromatic rings. The molecule has 16 heavy (non-hydrogen) atoms. The first kappa shape index (κ1) is 13.2. The molecule has 1 fully saturated rings. The Balaban J connectivity index is 2.23. The van der Waals surface area contributed by atoms with Gasteiger partial charge in [0.15, 0.2) is 0 Å². The number of hydrogen-bond acceptors (Lipinski definition) is 3. The van der Waals surface area contributed by atoms with E-state index in [0.29, 0.717) is 12.2 Å². The van der Waals surface area contributed by atoms with Crippen molar-refractivity contribution in [3.05, 3.63) is 18.6 Å². The second kappa shape index (κ2) is 7.44. The van der Waals surface area contributed by atoms with Crippen LogP contribution in [0.5, 0.6) is 0 Å². The quantitative estimate of drug-likeness (QED) is 0.533. The standard InChI is InChI=1S/C13H21O3/c1-3-4-7-11(2)13(14)16-10-12-8-5-6-9-15-12/h7,12H,2-6,8-10H2,1H3/b11-7+. The average Bonchev–Trinajstić information content (AvgIpc) is 2.34. The van der Waals surface area contributed by atoms with Crippen LogP contribution in [0, 0.1) is 6.92 Å². The molecule has 0 aliphatic carbocycles. The number of unbranched alkanes of at least 4 members (excludes halogenated alkanes) is 1. The third kappa shape index (κ3) is 4.79. The van der Waals surface area contributed by atoms with E-state index in [1.54, 1.807) is 0 Å². The lowest BCUT2D eigenvalue weighted by atomic mass is 10.1. The number of esters is 1. The Kier molecular flexibility index (Phi) is 6.16. The number of carbonyl (C=O) groups excluding carboxylic acids is 1. The molecule has 0 N–H and O–H groups in total. The Morgan fingerprint density at radius 3 is 3.00 bits per heavy atom. The predicted molar refractivity (Wildman–Crippen MR) is 62.9 cm³/mol. The monoisotopic (exact) mass is 225 g/mol. The molecule has 1 atom stereocenters. The normalized spacial score (nSPS) is 21.9. The molecule has 0 bridgehead atoms. The van der Waals surface area contributed by atoms with Crippen LogP contribution in [-0.4, -0.2) is 25.3 Å². The lowest BCUT2D eigenvalue weighted by Gasteiger charge is -2.22. The third-order valence-electron chi connectivity index (χ3n) is 2.62. The van der Waals surface area contributed by atoms with Crippen molar-refractivity contribution in [1.29, 1.82) is 0 Å². The highest BCUT2D eigenvalue weighted by Gasteiger charge is 2.16. The molecule has 3 nitrogen and oxygen atoms in total. The van der Waals surface area contributed by atoms with Crippen LogP contribution in [0.25, 0.3) is 0 Å². The Morgan fingerprint density at radius 2 is 2.38 bits per heavy atom. The van der Waals surface area contributed by atoms with Crippen LogP contribution in [0.3, 0.4) is 0 Å². The molecule has 91 valence electrons. The van der Waals surface area contributed by atoms with Crippen LogP contribution in [-0.2, 0) is 14.3 Å². The second-order valence-corrected chi connectivity index (χ2v) is 4.11. The molecule has 0 aromatic heterocycles. The van der Waals surface area contributed by atoms with Crippen LogP contribution >= 0.6 is 0 Å². The highest BCUT2D eigenvalue weighted by Crippen LogP contribution is 2.13. The summed E-state index contributed by atoms with van der Waals surface area (Å²) in [6.07, 6.45) is 7.04. The molecule has 1 heterocycles. The number of allylic oxidation sites excluding steroid dienone is 1. The maximum atomic E-state index is 11.5. The van der Waals surface area contributed by atoms with Crippen LogP contribution in [0.4, 0.5) is 0 Å². The Morgan fingerprint density at radius 1 is 1.56 bits per heavy atom. The van der Waals surface area contributed by atoms with Crippen LogP contribution in [0.15, 0.2) is 11.6 Å². The summed E-state index contributed by atoms with van der Waals surface area (Å²) in [5.41, 5.74) is 0.456. The fourth-order valence-electron chi connectivity index (χ4n) is 1.60. The minimum absolute atomic E-state index is 0.0803. The number of ether oxygens (including phenoxy) is 2. The lowest BCUT2D eigenvalue weighted by molar-refractivity contribution is -0.144. The van der Waals surface area contributed by atoms with Gasteiger partial charge in [0, 0.05) is 12.2 Å². The highest BCUT2D eigenvalue weighted by atomic mass is 16.6. The summed E-state index contributed by atoms with van der Waals surface area (Å²) in [5, 5.41) is 0. The van der Waals surface area contributed by atoms with Crippen LogP contribution in [0.1, 0.15) is 39.0 Å². The maximum absolute atomic E-state index is 11.5. The largest absolute Gasteiger partial charge is 0.460 e. The molecule has 1 radical (unpaired) electrons. The van der Waals surface area contributed by atoms with E-state index in [-0.39, 0.29) is 12.1 Å². The molecular formula is C13H21O3. The molecule has 0 aromatic carbocycles. The van der Waals surface area contributed by atoms with Gasteiger partial charge >= 0.3 is 5.97 Å². The van der Waals surface area contributed by atoms with E-state index in [1.165, 1.54) is 0 Å². The third-order valence-corrected chi connectivity index (χ3v) is 2.62. The second-order valence-electron chi connectivity index (χ2n) is 4.11. The van der Waals surface area contributed by atoms with Crippen molar-refractivity contribution in [2.45, 2.75) is 45.1 Å². The van der Waals surface area contributed by atoms with Gasteiger partial charge in [-0.05, 0) is 32.6 Å². The van der Waals surface area contributed by atoms with Crippen molar-refractivity contribution in [3.63, 3.8) is 0 Å². The van der Waals surface area contributed by atoms with Gasteiger partial charge in [-0.25, -0.2) is 4.79 Å². The number of hydrogen-bond donors (Lipinski definition) is 0. The Hall–Kier alpha value is -0.830. The van der Waals surface area contributed by atoms with E-state index >= 15 is 0 Å². The zero-order valence-electron chi connectivity index (χ0n) is 10.0. The molecule has 3 heteroatoms. The summed E-state index contributed by atoms with van der Waals surface area (Å²) in [6.45, 7) is 6.89. The van der Waals surface area contributed by atoms with Gasteiger partial charge in [-0.3, -0.25) is 0 Å². The smallest absolute Gasteiger partial charge is 0.333 e. The molecular weight excluding hydrogens is 204 g/mol. The highest BCUT2D eigenvalue weighted by molar-refractivity contribution is 5.89. The maximum Gasteiger partial charge on any atom is 0.333 e.